The molecule has 1 fully saturated rings. The molecule has 0 spiro atoms. The molecule has 1 saturated heterocycles. The van der Waals surface area contributed by atoms with Crippen LogP contribution in [0, 0.1) is 6.92 Å². The summed E-state index contributed by atoms with van der Waals surface area (Å²) in [5.41, 5.74) is 7.46. The molecule has 1 aliphatic heterocycles. The summed E-state index contributed by atoms with van der Waals surface area (Å²) < 4.78 is 5.40. The van der Waals surface area contributed by atoms with Crippen molar-refractivity contribution in [3.8, 4) is 0 Å². The Hall–Kier alpha value is -2.41. The highest BCUT2D eigenvalue weighted by Gasteiger charge is 2.20. The highest BCUT2D eigenvalue weighted by molar-refractivity contribution is 5.57. The lowest BCUT2D eigenvalue weighted by atomic mass is 10.1. The van der Waals surface area contributed by atoms with E-state index in [-0.39, 0.29) is 0 Å². The molecule has 2 aromatic heterocycles. The first-order valence-electron chi connectivity index (χ1n) is 7.75. The molecular weight excluding hydrogens is 292 g/mol. The largest absolute Gasteiger partial charge is 0.397 e. The van der Waals surface area contributed by atoms with Gasteiger partial charge in [0, 0.05) is 26.4 Å². The molecule has 0 unspecified atom stereocenters. The number of nitrogens with two attached hydrogens (primary N) is 1. The number of piperidine rings is 1. The van der Waals surface area contributed by atoms with Gasteiger partial charge in [-0.3, -0.25) is 0 Å². The molecule has 0 saturated carbocycles. The normalized spacial score (nSPS) is 15.7. The van der Waals surface area contributed by atoms with Gasteiger partial charge in [0.05, 0.1) is 18.0 Å². The first-order valence-corrected chi connectivity index (χ1v) is 7.75. The predicted octanol–water partition coefficient (Wildman–Crippen LogP) is 2.12. The monoisotopic (exact) mass is 314 g/mol. The van der Waals surface area contributed by atoms with Crippen LogP contribution >= 0.6 is 0 Å². The molecule has 3 heterocycles. The van der Waals surface area contributed by atoms with E-state index in [2.05, 4.69) is 25.2 Å². The standard InChI is InChI=1S/C16H22N6O/c1-11-9-15(19-10-13(11)17)20-14-3-6-18-16(21-14)22-7-4-12(23-2)5-8-22/h3,6,9-10,12H,4-5,7-8,17H2,1-2H3,(H,18,19,20,21). The number of methoxy groups -OCH3 is 1. The molecule has 122 valence electrons. The zero-order chi connectivity index (χ0) is 16.2. The lowest BCUT2D eigenvalue weighted by Crippen LogP contribution is -2.37. The van der Waals surface area contributed by atoms with Crippen LogP contribution in [0.5, 0.6) is 0 Å². The quantitative estimate of drug-likeness (QED) is 0.893. The Morgan fingerprint density at radius 3 is 2.74 bits per heavy atom. The lowest BCUT2D eigenvalue weighted by Gasteiger charge is -2.31. The van der Waals surface area contributed by atoms with Gasteiger partial charge in [0.2, 0.25) is 5.95 Å². The van der Waals surface area contributed by atoms with E-state index in [1.54, 1.807) is 19.5 Å². The molecule has 7 heteroatoms. The topological polar surface area (TPSA) is 89.2 Å². The summed E-state index contributed by atoms with van der Waals surface area (Å²) in [6, 6.07) is 3.74. The van der Waals surface area contributed by atoms with Crippen molar-refractivity contribution in [3.63, 3.8) is 0 Å². The van der Waals surface area contributed by atoms with Crippen molar-refractivity contribution in [1.29, 1.82) is 0 Å². The van der Waals surface area contributed by atoms with Crippen LogP contribution in [0.3, 0.4) is 0 Å². The maximum Gasteiger partial charge on any atom is 0.227 e. The van der Waals surface area contributed by atoms with Gasteiger partial charge in [-0.1, -0.05) is 0 Å². The molecular formula is C16H22N6O. The molecule has 0 aromatic carbocycles. The van der Waals surface area contributed by atoms with Crippen LogP contribution in [0.1, 0.15) is 18.4 Å². The van der Waals surface area contributed by atoms with E-state index in [1.165, 1.54) is 0 Å². The minimum Gasteiger partial charge on any atom is -0.397 e. The van der Waals surface area contributed by atoms with Crippen molar-refractivity contribution >= 4 is 23.3 Å². The van der Waals surface area contributed by atoms with Crippen LogP contribution in [0.15, 0.2) is 24.5 Å². The van der Waals surface area contributed by atoms with E-state index < -0.39 is 0 Å². The van der Waals surface area contributed by atoms with Gasteiger partial charge < -0.3 is 20.7 Å². The fraction of sp³-hybridized carbons (Fsp3) is 0.438. The molecule has 1 aliphatic rings. The number of nitrogens with zero attached hydrogens (tertiary/aromatic N) is 4. The summed E-state index contributed by atoms with van der Waals surface area (Å²) in [7, 11) is 1.77. The number of nitrogens with one attached hydrogen (secondary N) is 1. The van der Waals surface area contributed by atoms with Crippen LogP contribution in [0.2, 0.25) is 0 Å². The zero-order valence-electron chi connectivity index (χ0n) is 13.5. The second kappa shape index (κ2) is 6.78. The number of nitrogen functional groups attached to an aromatic ring is 1. The van der Waals surface area contributed by atoms with Gasteiger partial charge in [-0.05, 0) is 37.5 Å². The third-order valence-electron chi connectivity index (χ3n) is 4.11. The number of pyridine rings is 1. The fourth-order valence-electron chi connectivity index (χ4n) is 2.63. The zero-order valence-corrected chi connectivity index (χ0v) is 13.5. The van der Waals surface area contributed by atoms with Crippen molar-refractivity contribution in [3.05, 3.63) is 30.1 Å². The van der Waals surface area contributed by atoms with E-state index >= 15 is 0 Å². The number of anilines is 4. The van der Waals surface area contributed by atoms with E-state index in [0.29, 0.717) is 11.8 Å². The molecule has 23 heavy (non-hydrogen) atoms. The van der Waals surface area contributed by atoms with Gasteiger partial charge in [0.1, 0.15) is 11.6 Å². The molecule has 0 amide bonds. The second-order valence-corrected chi connectivity index (χ2v) is 5.72. The summed E-state index contributed by atoms with van der Waals surface area (Å²) in [4.78, 5) is 15.4. The average molecular weight is 314 g/mol. The average Bonchev–Trinajstić information content (AvgIpc) is 2.58. The molecule has 7 nitrogen and oxygen atoms in total. The van der Waals surface area contributed by atoms with Gasteiger partial charge in [0.15, 0.2) is 0 Å². The summed E-state index contributed by atoms with van der Waals surface area (Å²) in [6.45, 7) is 3.76. The number of hydrogen-bond acceptors (Lipinski definition) is 7. The smallest absolute Gasteiger partial charge is 0.227 e. The third-order valence-corrected chi connectivity index (χ3v) is 4.11. The first-order chi connectivity index (χ1) is 11.2. The van der Waals surface area contributed by atoms with Crippen molar-refractivity contribution in [2.24, 2.45) is 0 Å². The van der Waals surface area contributed by atoms with E-state index in [0.717, 1.165) is 49.1 Å². The lowest BCUT2D eigenvalue weighted by molar-refractivity contribution is 0.0816. The Kier molecular flexibility index (Phi) is 4.57. The fourth-order valence-corrected chi connectivity index (χ4v) is 2.63. The number of rotatable bonds is 4. The Labute approximate surface area is 135 Å². The summed E-state index contributed by atoms with van der Waals surface area (Å²) in [5, 5.41) is 3.20. The van der Waals surface area contributed by atoms with Gasteiger partial charge in [-0.15, -0.1) is 0 Å². The number of ether oxygens (including phenoxy) is 1. The molecule has 0 radical (unpaired) electrons. The van der Waals surface area contributed by atoms with E-state index in [1.807, 2.05) is 19.1 Å². The van der Waals surface area contributed by atoms with Crippen LogP contribution in [-0.4, -0.2) is 41.3 Å². The molecule has 0 atom stereocenters. The van der Waals surface area contributed by atoms with Crippen molar-refractivity contribution in [1.82, 2.24) is 15.0 Å². The number of aromatic nitrogens is 3. The summed E-state index contributed by atoms with van der Waals surface area (Å²) in [6.07, 6.45) is 5.74. The first kappa shape index (κ1) is 15.5. The molecule has 3 N–H and O–H groups in total. The molecule has 0 aliphatic carbocycles. The Bertz CT molecular complexity index is 669. The maximum absolute atomic E-state index is 5.79. The Balaban J connectivity index is 1.71. The van der Waals surface area contributed by atoms with E-state index in [9.17, 15) is 0 Å². The highest BCUT2D eigenvalue weighted by Crippen LogP contribution is 2.21. The van der Waals surface area contributed by atoms with Gasteiger partial charge in [-0.2, -0.15) is 4.98 Å². The Morgan fingerprint density at radius 2 is 2.04 bits per heavy atom. The van der Waals surface area contributed by atoms with Crippen molar-refractivity contribution in [2.45, 2.75) is 25.9 Å². The third kappa shape index (κ3) is 3.68. The van der Waals surface area contributed by atoms with Crippen LogP contribution in [0.25, 0.3) is 0 Å². The maximum atomic E-state index is 5.79. The number of hydrogen-bond donors (Lipinski definition) is 2. The molecule has 3 rings (SSSR count). The Morgan fingerprint density at radius 1 is 1.26 bits per heavy atom. The summed E-state index contributed by atoms with van der Waals surface area (Å²) in [5.74, 6) is 2.18. The minimum absolute atomic E-state index is 0.342. The van der Waals surface area contributed by atoms with Gasteiger partial charge in [0.25, 0.3) is 0 Å². The molecule has 0 bridgehead atoms. The SMILES string of the molecule is COC1CCN(c2nccc(Nc3cc(C)c(N)cn3)n2)CC1. The van der Waals surface area contributed by atoms with Gasteiger partial charge in [-0.25, -0.2) is 9.97 Å². The minimum atomic E-state index is 0.342. The van der Waals surface area contributed by atoms with Crippen LogP contribution < -0.4 is 16.0 Å². The second-order valence-electron chi connectivity index (χ2n) is 5.72. The molecule has 2 aromatic rings. The number of aryl methyl sites for hydroxylation is 1. The van der Waals surface area contributed by atoms with Crippen molar-refractivity contribution in [2.75, 3.05) is 36.1 Å². The predicted molar refractivity (Wildman–Crippen MR) is 90.9 cm³/mol. The van der Waals surface area contributed by atoms with E-state index in [4.69, 9.17) is 10.5 Å². The van der Waals surface area contributed by atoms with Gasteiger partial charge >= 0.3 is 0 Å². The summed E-state index contributed by atoms with van der Waals surface area (Å²) >= 11 is 0. The van der Waals surface area contributed by atoms with Crippen molar-refractivity contribution < 1.29 is 4.74 Å². The van der Waals surface area contributed by atoms with Crippen LogP contribution in [-0.2, 0) is 4.74 Å². The highest BCUT2D eigenvalue weighted by atomic mass is 16.5. The van der Waals surface area contributed by atoms with Crippen LogP contribution in [0.4, 0.5) is 23.3 Å².